The van der Waals surface area contributed by atoms with Crippen LogP contribution in [0.5, 0.6) is 0 Å². The van der Waals surface area contributed by atoms with E-state index >= 15 is 0 Å². The van der Waals surface area contributed by atoms with E-state index in [-0.39, 0.29) is 0 Å². The van der Waals surface area contributed by atoms with Gasteiger partial charge in [-0.15, -0.1) is 0 Å². The largest absolute Gasteiger partial charge is 0.391 e. The van der Waals surface area contributed by atoms with E-state index in [4.69, 9.17) is 10.1 Å². The average Bonchev–Trinajstić information content (AvgIpc) is 2.76. The van der Waals surface area contributed by atoms with Crippen molar-refractivity contribution in [3.05, 3.63) is 53.3 Å². The zero-order valence-electron chi connectivity index (χ0n) is 9.95. The van der Waals surface area contributed by atoms with E-state index in [0.29, 0.717) is 17.9 Å². The molecule has 0 spiro atoms. The molecule has 0 N–H and O–H groups in total. The Morgan fingerprint density at radius 3 is 2.94 bits per heavy atom. The quantitative estimate of drug-likeness (QED) is 0.605. The zero-order chi connectivity index (χ0) is 12.8. The third-order valence-electron chi connectivity index (χ3n) is 2.30. The maximum absolute atomic E-state index is 8.84. The fourth-order valence-corrected chi connectivity index (χ4v) is 1.47. The Bertz CT molecular complexity index is 581. The van der Waals surface area contributed by atoms with Crippen LogP contribution >= 0.6 is 0 Å². The fourth-order valence-electron chi connectivity index (χ4n) is 1.47. The summed E-state index contributed by atoms with van der Waals surface area (Å²) in [7, 11) is 1.75. The second kappa shape index (κ2) is 5.64. The summed E-state index contributed by atoms with van der Waals surface area (Å²) in [5.74, 6) is 0. The number of aromatic nitrogens is 2. The van der Waals surface area contributed by atoms with Crippen molar-refractivity contribution in [1.82, 2.24) is 9.78 Å². The first kappa shape index (κ1) is 11.9. The molecule has 0 aliphatic rings. The molecule has 5 nitrogen and oxygen atoms in total. The molecule has 1 aromatic carbocycles. The molecule has 18 heavy (non-hydrogen) atoms. The highest BCUT2D eigenvalue weighted by molar-refractivity contribution is 5.81. The molecule has 0 unspecified atom stereocenters. The van der Waals surface area contributed by atoms with Crippen LogP contribution in [0.25, 0.3) is 0 Å². The summed E-state index contributed by atoms with van der Waals surface area (Å²) >= 11 is 0. The van der Waals surface area contributed by atoms with Gasteiger partial charge in [-0.05, 0) is 5.56 Å². The van der Waals surface area contributed by atoms with Crippen LogP contribution in [-0.2, 0) is 18.5 Å². The minimum absolute atomic E-state index is 0.338. The molecular formula is C13H12N4O. The number of nitriles is 1. The molecule has 0 radical (unpaired) electrons. The molecular weight excluding hydrogens is 228 g/mol. The van der Waals surface area contributed by atoms with Crippen LogP contribution in [0.15, 0.2) is 41.7 Å². The van der Waals surface area contributed by atoms with Gasteiger partial charge in [-0.2, -0.15) is 10.4 Å². The Morgan fingerprint density at radius 1 is 1.44 bits per heavy atom. The van der Waals surface area contributed by atoms with Gasteiger partial charge in [-0.1, -0.05) is 35.5 Å². The summed E-state index contributed by atoms with van der Waals surface area (Å²) < 4.78 is 1.57. The van der Waals surface area contributed by atoms with Crippen molar-refractivity contribution in [3.63, 3.8) is 0 Å². The third kappa shape index (κ3) is 2.95. The molecule has 0 saturated heterocycles. The summed E-state index contributed by atoms with van der Waals surface area (Å²) in [6.45, 7) is 0.402. The highest BCUT2D eigenvalue weighted by Crippen LogP contribution is 2.03. The predicted octanol–water partition coefficient (Wildman–Crippen LogP) is 1.84. The van der Waals surface area contributed by atoms with Gasteiger partial charge >= 0.3 is 0 Å². The van der Waals surface area contributed by atoms with Gasteiger partial charge in [0.2, 0.25) is 0 Å². The number of rotatable bonds is 4. The number of benzene rings is 1. The predicted molar refractivity (Wildman–Crippen MR) is 66.7 cm³/mol. The van der Waals surface area contributed by atoms with Gasteiger partial charge in [0.05, 0.1) is 11.8 Å². The van der Waals surface area contributed by atoms with Crippen molar-refractivity contribution in [2.24, 2.45) is 12.2 Å². The van der Waals surface area contributed by atoms with Crippen LogP contribution in [-0.4, -0.2) is 16.0 Å². The molecule has 0 bridgehead atoms. The van der Waals surface area contributed by atoms with Crippen LogP contribution < -0.4 is 0 Å². The van der Waals surface area contributed by atoms with Crippen molar-refractivity contribution in [3.8, 4) is 6.07 Å². The van der Waals surface area contributed by atoms with Crippen LogP contribution in [0.3, 0.4) is 0 Å². The standard InChI is InChI=1S/C13H12N4O/c1-17-9-12(13(7-14)16-17)8-15-18-10-11-5-3-2-4-6-11/h2-6,8-9H,10H2,1H3/b15-8+. The summed E-state index contributed by atoms with van der Waals surface area (Å²) in [6.07, 6.45) is 3.21. The van der Waals surface area contributed by atoms with Gasteiger partial charge in [-0.25, -0.2) is 0 Å². The summed E-state index contributed by atoms with van der Waals surface area (Å²) in [5, 5.41) is 16.6. The normalized spacial score (nSPS) is 10.4. The minimum atomic E-state index is 0.338. The number of aryl methyl sites for hydroxylation is 1. The zero-order valence-corrected chi connectivity index (χ0v) is 9.95. The first-order chi connectivity index (χ1) is 8.79. The lowest BCUT2D eigenvalue weighted by Crippen LogP contribution is -1.88. The summed E-state index contributed by atoms with van der Waals surface area (Å²) in [4.78, 5) is 5.16. The molecule has 0 amide bonds. The van der Waals surface area contributed by atoms with E-state index in [0.717, 1.165) is 5.56 Å². The smallest absolute Gasteiger partial charge is 0.171 e. The second-order valence-electron chi connectivity index (χ2n) is 3.71. The Labute approximate surface area is 105 Å². The molecule has 0 fully saturated rings. The van der Waals surface area contributed by atoms with E-state index < -0.39 is 0 Å². The molecule has 0 saturated carbocycles. The van der Waals surface area contributed by atoms with Gasteiger partial charge in [0, 0.05) is 13.2 Å². The first-order valence-electron chi connectivity index (χ1n) is 5.42. The number of hydrogen-bond donors (Lipinski definition) is 0. The van der Waals surface area contributed by atoms with Crippen molar-refractivity contribution in [2.45, 2.75) is 6.61 Å². The van der Waals surface area contributed by atoms with E-state index in [1.54, 1.807) is 17.9 Å². The highest BCUT2D eigenvalue weighted by Gasteiger charge is 2.03. The summed E-state index contributed by atoms with van der Waals surface area (Å²) in [5.41, 5.74) is 2.03. The van der Waals surface area contributed by atoms with E-state index in [9.17, 15) is 0 Å². The SMILES string of the molecule is Cn1cc(/C=N/OCc2ccccc2)c(C#N)n1. The Balaban J connectivity index is 1.94. The van der Waals surface area contributed by atoms with E-state index in [1.165, 1.54) is 6.21 Å². The molecule has 0 atom stereocenters. The Morgan fingerprint density at radius 2 is 2.22 bits per heavy atom. The van der Waals surface area contributed by atoms with Crippen LogP contribution in [0.2, 0.25) is 0 Å². The first-order valence-corrected chi connectivity index (χ1v) is 5.42. The fraction of sp³-hybridized carbons (Fsp3) is 0.154. The lowest BCUT2D eigenvalue weighted by atomic mass is 10.2. The molecule has 1 aromatic heterocycles. The van der Waals surface area contributed by atoms with E-state index in [1.807, 2.05) is 36.4 Å². The van der Waals surface area contributed by atoms with Gasteiger partial charge < -0.3 is 4.84 Å². The average molecular weight is 240 g/mol. The monoisotopic (exact) mass is 240 g/mol. The maximum Gasteiger partial charge on any atom is 0.171 e. The molecule has 1 heterocycles. The van der Waals surface area contributed by atoms with Crippen LogP contribution in [0.1, 0.15) is 16.8 Å². The van der Waals surface area contributed by atoms with Gasteiger partial charge in [0.15, 0.2) is 5.69 Å². The van der Waals surface area contributed by atoms with E-state index in [2.05, 4.69) is 10.3 Å². The molecule has 90 valence electrons. The summed E-state index contributed by atoms with van der Waals surface area (Å²) in [6, 6.07) is 11.7. The molecule has 0 aliphatic carbocycles. The number of oxime groups is 1. The van der Waals surface area contributed by atoms with Crippen molar-refractivity contribution in [1.29, 1.82) is 5.26 Å². The molecule has 2 aromatic rings. The van der Waals surface area contributed by atoms with Crippen LogP contribution in [0.4, 0.5) is 0 Å². The second-order valence-corrected chi connectivity index (χ2v) is 3.71. The lowest BCUT2D eigenvalue weighted by Gasteiger charge is -1.97. The highest BCUT2D eigenvalue weighted by atomic mass is 16.6. The number of nitrogens with zero attached hydrogens (tertiary/aromatic N) is 4. The van der Waals surface area contributed by atoms with Gasteiger partial charge in [-0.3, -0.25) is 4.68 Å². The molecule has 2 rings (SSSR count). The minimum Gasteiger partial charge on any atom is -0.391 e. The van der Waals surface area contributed by atoms with Crippen molar-refractivity contribution >= 4 is 6.21 Å². The third-order valence-corrected chi connectivity index (χ3v) is 2.30. The van der Waals surface area contributed by atoms with Gasteiger partial charge in [0.1, 0.15) is 12.7 Å². The van der Waals surface area contributed by atoms with Crippen molar-refractivity contribution < 1.29 is 4.84 Å². The number of hydrogen-bond acceptors (Lipinski definition) is 4. The molecule has 0 aliphatic heterocycles. The molecule has 5 heteroatoms. The van der Waals surface area contributed by atoms with Crippen molar-refractivity contribution in [2.75, 3.05) is 0 Å². The lowest BCUT2D eigenvalue weighted by molar-refractivity contribution is 0.132. The van der Waals surface area contributed by atoms with Gasteiger partial charge in [0.25, 0.3) is 0 Å². The maximum atomic E-state index is 8.84. The Hall–Kier alpha value is -2.61. The van der Waals surface area contributed by atoms with Crippen LogP contribution in [0, 0.1) is 11.3 Å². The topological polar surface area (TPSA) is 63.2 Å². The Kier molecular flexibility index (Phi) is 3.72.